The van der Waals surface area contributed by atoms with E-state index in [1.807, 2.05) is 6.07 Å². The van der Waals surface area contributed by atoms with Crippen molar-refractivity contribution >= 4 is 17.3 Å². The van der Waals surface area contributed by atoms with Crippen molar-refractivity contribution in [3.05, 3.63) is 34.4 Å². The Morgan fingerprint density at radius 3 is 2.75 bits per heavy atom. The Hall–Kier alpha value is -2.62. The Kier molecular flexibility index (Phi) is 4.64. The molecule has 0 unspecified atom stereocenters. The molecule has 0 saturated heterocycles. The molecular weight excluding hydrogens is 260 g/mol. The van der Waals surface area contributed by atoms with Gasteiger partial charge in [-0.15, -0.1) is 0 Å². The van der Waals surface area contributed by atoms with Crippen LogP contribution in [0.5, 0.6) is 0 Å². The molecule has 1 aromatic carbocycles. The number of benzene rings is 1. The Morgan fingerprint density at radius 1 is 1.55 bits per heavy atom. The molecule has 7 heteroatoms. The van der Waals surface area contributed by atoms with Crippen molar-refractivity contribution in [1.29, 1.82) is 5.26 Å². The van der Waals surface area contributed by atoms with Crippen LogP contribution in [0, 0.1) is 21.4 Å². The van der Waals surface area contributed by atoms with Crippen LogP contribution < -0.4 is 5.32 Å². The summed E-state index contributed by atoms with van der Waals surface area (Å²) < 4.78 is 0. The molecule has 106 valence electrons. The lowest BCUT2D eigenvalue weighted by Gasteiger charge is -2.29. The molecule has 0 aromatic heterocycles. The second-order valence-electron chi connectivity index (χ2n) is 4.78. The average molecular weight is 276 g/mol. The monoisotopic (exact) mass is 276 g/mol. The Bertz CT molecular complexity index is 563. The van der Waals surface area contributed by atoms with E-state index in [1.165, 1.54) is 23.1 Å². The summed E-state index contributed by atoms with van der Waals surface area (Å²) in [6, 6.07) is 7.93. The lowest BCUT2D eigenvalue weighted by Crippen LogP contribution is -2.46. The quantitative estimate of drug-likeness (QED) is 0.652. The highest BCUT2D eigenvalue weighted by Crippen LogP contribution is 2.17. The number of hydrogen-bond acceptors (Lipinski definition) is 5. The summed E-state index contributed by atoms with van der Waals surface area (Å²) in [6.45, 7) is 3.24. The summed E-state index contributed by atoms with van der Waals surface area (Å²) in [6.07, 6.45) is 0. The Labute approximate surface area is 117 Å². The number of nitrogens with zero attached hydrogens (tertiary/aromatic N) is 3. The Balaban J connectivity index is 2.69. The molecule has 0 bridgehead atoms. The number of carbonyl (C=O) groups excluding carboxylic acids is 1. The average Bonchev–Trinajstić information content (AvgIpc) is 2.44. The maximum absolute atomic E-state index is 11.9. The van der Waals surface area contributed by atoms with Crippen LogP contribution >= 0.6 is 0 Å². The van der Waals surface area contributed by atoms with E-state index in [0.29, 0.717) is 5.69 Å². The molecule has 20 heavy (non-hydrogen) atoms. The molecule has 1 amide bonds. The number of nitro groups is 1. The van der Waals surface area contributed by atoms with Gasteiger partial charge in [-0.25, -0.2) is 0 Å². The van der Waals surface area contributed by atoms with Crippen molar-refractivity contribution < 1.29 is 9.72 Å². The van der Waals surface area contributed by atoms with E-state index in [9.17, 15) is 14.9 Å². The third-order valence-corrected chi connectivity index (χ3v) is 2.99. The maximum atomic E-state index is 11.9. The van der Waals surface area contributed by atoms with E-state index < -0.39 is 10.5 Å². The minimum atomic E-state index is -0.901. The number of amides is 1. The lowest BCUT2D eigenvalue weighted by molar-refractivity contribution is -0.384. The zero-order valence-corrected chi connectivity index (χ0v) is 11.6. The third kappa shape index (κ3) is 3.68. The zero-order chi connectivity index (χ0) is 15.3. The fourth-order valence-electron chi connectivity index (χ4n) is 1.41. The van der Waals surface area contributed by atoms with E-state index in [-0.39, 0.29) is 18.1 Å². The smallest absolute Gasteiger partial charge is 0.271 e. The molecule has 0 fully saturated rings. The largest absolute Gasteiger partial charge is 0.376 e. The minimum Gasteiger partial charge on any atom is -0.376 e. The summed E-state index contributed by atoms with van der Waals surface area (Å²) in [5, 5.41) is 22.4. The summed E-state index contributed by atoms with van der Waals surface area (Å²) in [7, 11) is 1.54. The van der Waals surface area contributed by atoms with Crippen LogP contribution in [0.1, 0.15) is 13.8 Å². The van der Waals surface area contributed by atoms with Gasteiger partial charge in [0.15, 0.2) is 0 Å². The van der Waals surface area contributed by atoms with E-state index in [2.05, 4.69) is 5.32 Å². The maximum Gasteiger partial charge on any atom is 0.271 e. The molecule has 1 rings (SSSR count). The van der Waals surface area contributed by atoms with Gasteiger partial charge in [0, 0.05) is 24.9 Å². The third-order valence-electron chi connectivity index (χ3n) is 2.99. The molecule has 7 nitrogen and oxygen atoms in total. The first-order chi connectivity index (χ1) is 9.27. The fraction of sp³-hybridized carbons (Fsp3) is 0.385. The summed E-state index contributed by atoms with van der Waals surface area (Å²) in [5.41, 5.74) is -0.467. The van der Waals surface area contributed by atoms with Crippen LogP contribution in [0.3, 0.4) is 0 Å². The van der Waals surface area contributed by atoms with Crippen molar-refractivity contribution in [3.8, 4) is 6.07 Å². The number of rotatable bonds is 5. The van der Waals surface area contributed by atoms with Crippen LogP contribution in [0.25, 0.3) is 0 Å². The van der Waals surface area contributed by atoms with Gasteiger partial charge in [0.2, 0.25) is 5.91 Å². The number of nitro benzene ring substituents is 1. The zero-order valence-electron chi connectivity index (χ0n) is 11.6. The highest BCUT2D eigenvalue weighted by atomic mass is 16.6. The van der Waals surface area contributed by atoms with Gasteiger partial charge in [0.25, 0.3) is 5.69 Å². The van der Waals surface area contributed by atoms with Crippen molar-refractivity contribution in [2.24, 2.45) is 0 Å². The predicted octanol–water partition coefficient (Wildman–Crippen LogP) is 1.77. The molecule has 0 saturated carbocycles. The molecule has 0 aliphatic carbocycles. The van der Waals surface area contributed by atoms with Gasteiger partial charge in [-0.1, -0.05) is 6.07 Å². The van der Waals surface area contributed by atoms with Gasteiger partial charge < -0.3 is 10.2 Å². The van der Waals surface area contributed by atoms with Crippen molar-refractivity contribution in [1.82, 2.24) is 4.90 Å². The van der Waals surface area contributed by atoms with Gasteiger partial charge >= 0.3 is 0 Å². The van der Waals surface area contributed by atoms with Gasteiger partial charge in [-0.2, -0.15) is 5.26 Å². The van der Waals surface area contributed by atoms with Gasteiger partial charge in [-0.05, 0) is 19.9 Å². The second kappa shape index (κ2) is 6.02. The molecule has 0 atom stereocenters. The SMILES string of the molecule is CN(C(=O)CNc1cccc([N+](=O)[O-])c1)C(C)(C)C#N. The molecule has 1 aromatic rings. The number of hydrogen-bond donors (Lipinski definition) is 1. The fourth-order valence-corrected chi connectivity index (χ4v) is 1.41. The van der Waals surface area contributed by atoms with Crippen LogP contribution in [0.15, 0.2) is 24.3 Å². The topological polar surface area (TPSA) is 99.3 Å². The van der Waals surface area contributed by atoms with Crippen molar-refractivity contribution in [3.63, 3.8) is 0 Å². The Morgan fingerprint density at radius 2 is 2.20 bits per heavy atom. The van der Waals surface area contributed by atoms with Crippen LogP contribution in [0.4, 0.5) is 11.4 Å². The number of anilines is 1. The normalized spacial score (nSPS) is 10.5. The second-order valence-corrected chi connectivity index (χ2v) is 4.78. The van der Waals surface area contributed by atoms with Gasteiger partial charge in [0.05, 0.1) is 17.5 Å². The van der Waals surface area contributed by atoms with E-state index in [4.69, 9.17) is 5.26 Å². The molecule has 0 radical (unpaired) electrons. The number of nitriles is 1. The first-order valence-corrected chi connectivity index (χ1v) is 5.94. The van der Waals surface area contributed by atoms with Crippen LogP contribution in [-0.4, -0.2) is 34.9 Å². The van der Waals surface area contributed by atoms with E-state index in [1.54, 1.807) is 27.0 Å². The molecule has 0 heterocycles. The number of carbonyl (C=O) groups is 1. The number of nitrogens with one attached hydrogen (secondary N) is 1. The first-order valence-electron chi connectivity index (χ1n) is 5.94. The lowest BCUT2D eigenvalue weighted by atomic mass is 10.1. The van der Waals surface area contributed by atoms with Crippen molar-refractivity contribution in [2.75, 3.05) is 18.9 Å². The molecular formula is C13H16N4O3. The van der Waals surface area contributed by atoms with Crippen LogP contribution in [0.2, 0.25) is 0 Å². The number of likely N-dealkylation sites (N-methyl/N-ethyl adjacent to an activating group) is 1. The van der Waals surface area contributed by atoms with Gasteiger partial charge in [-0.3, -0.25) is 14.9 Å². The first kappa shape index (κ1) is 15.4. The summed E-state index contributed by atoms with van der Waals surface area (Å²) >= 11 is 0. The predicted molar refractivity (Wildman–Crippen MR) is 74.0 cm³/mol. The standard InChI is InChI=1S/C13H16N4O3/c1-13(2,9-14)16(3)12(18)8-15-10-5-4-6-11(7-10)17(19)20/h4-7,15H,8H2,1-3H3. The molecule has 1 N–H and O–H groups in total. The van der Waals surface area contributed by atoms with E-state index in [0.717, 1.165) is 0 Å². The van der Waals surface area contributed by atoms with Crippen molar-refractivity contribution in [2.45, 2.75) is 19.4 Å². The molecule has 0 aliphatic rings. The summed E-state index contributed by atoms with van der Waals surface area (Å²) in [5.74, 6) is -0.275. The molecule has 0 aliphatic heterocycles. The highest BCUT2D eigenvalue weighted by molar-refractivity contribution is 5.81. The number of non-ortho nitro benzene ring substituents is 1. The molecule has 0 spiro atoms. The highest BCUT2D eigenvalue weighted by Gasteiger charge is 2.26. The van der Waals surface area contributed by atoms with Gasteiger partial charge in [0.1, 0.15) is 5.54 Å². The van der Waals surface area contributed by atoms with Crippen LogP contribution in [-0.2, 0) is 4.79 Å². The summed E-state index contributed by atoms with van der Waals surface area (Å²) in [4.78, 5) is 23.4. The minimum absolute atomic E-state index is 0.0389. The van der Waals surface area contributed by atoms with E-state index >= 15 is 0 Å².